The van der Waals surface area contributed by atoms with Crippen LogP contribution in [0, 0.1) is 0 Å². The van der Waals surface area contributed by atoms with Crippen LogP contribution in [0.4, 0.5) is 5.69 Å². The number of amides is 1. The molecule has 2 aromatic rings. The van der Waals surface area contributed by atoms with E-state index in [4.69, 9.17) is 9.47 Å². The van der Waals surface area contributed by atoms with Gasteiger partial charge < -0.3 is 19.7 Å². The number of carbonyl (C=O) groups excluding carboxylic acids is 1. The first-order valence-corrected chi connectivity index (χ1v) is 7.99. The van der Waals surface area contributed by atoms with Crippen molar-refractivity contribution in [3.63, 3.8) is 0 Å². The Bertz CT molecular complexity index is 758. The molecule has 0 bridgehead atoms. The summed E-state index contributed by atoms with van der Waals surface area (Å²) >= 11 is 0. The van der Waals surface area contributed by atoms with Gasteiger partial charge in [0.1, 0.15) is 6.17 Å². The van der Waals surface area contributed by atoms with Crippen LogP contribution in [0.5, 0.6) is 11.5 Å². The highest BCUT2D eigenvalue weighted by Gasteiger charge is 2.32. The molecule has 1 N–H and O–H groups in total. The van der Waals surface area contributed by atoms with Crippen LogP contribution in [0.1, 0.15) is 35.9 Å². The highest BCUT2D eigenvalue weighted by atomic mass is 16.5. The number of carbonyl (C=O) groups is 1. The van der Waals surface area contributed by atoms with Gasteiger partial charge in [-0.2, -0.15) is 0 Å². The van der Waals surface area contributed by atoms with Gasteiger partial charge in [0.15, 0.2) is 11.5 Å². The molecular weight excluding hydrogens is 304 g/mol. The van der Waals surface area contributed by atoms with E-state index in [1.807, 2.05) is 56.3 Å². The Morgan fingerprint density at radius 2 is 1.88 bits per heavy atom. The molecule has 0 aliphatic carbocycles. The lowest BCUT2D eigenvalue weighted by atomic mass is 10.0. The second-order valence-electron chi connectivity index (χ2n) is 6.05. The zero-order valence-corrected chi connectivity index (χ0v) is 14.4. The smallest absolute Gasteiger partial charge is 0.257 e. The second kappa shape index (κ2) is 6.43. The fourth-order valence-electron chi connectivity index (χ4n) is 2.90. The molecule has 2 aromatic carbocycles. The van der Waals surface area contributed by atoms with Crippen molar-refractivity contribution in [2.75, 3.05) is 19.5 Å². The maximum absolute atomic E-state index is 12.7. The van der Waals surface area contributed by atoms with Gasteiger partial charge in [-0.3, -0.25) is 4.79 Å². The van der Waals surface area contributed by atoms with Crippen molar-refractivity contribution in [1.82, 2.24) is 4.90 Å². The molecule has 1 amide bonds. The van der Waals surface area contributed by atoms with Crippen LogP contribution < -0.4 is 14.8 Å². The number of methoxy groups -OCH3 is 1. The van der Waals surface area contributed by atoms with Crippen molar-refractivity contribution in [2.24, 2.45) is 0 Å². The number of ether oxygens (including phenoxy) is 2. The van der Waals surface area contributed by atoms with Crippen LogP contribution >= 0.6 is 0 Å². The van der Waals surface area contributed by atoms with Crippen molar-refractivity contribution in [3.8, 4) is 11.5 Å². The van der Waals surface area contributed by atoms with Gasteiger partial charge in [0.05, 0.1) is 18.8 Å². The number of hydrogen-bond acceptors (Lipinski definition) is 4. The summed E-state index contributed by atoms with van der Waals surface area (Å²) in [7, 11) is 3.40. The summed E-state index contributed by atoms with van der Waals surface area (Å²) < 4.78 is 11.4. The van der Waals surface area contributed by atoms with Gasteiger partial charge in [-0.25, -0.2) is 0 Å². The molecule has 24 heavy (non-hydrogen) atoms. The fraction of sp³-hybridized carbons (Fsp3) is 0.316. The number of rotatable bonds is 4. The van der Waals surface area contributed by atoms with Crippen molar-refractivity contribution < 1.29 is 14.3 Å². The number of fused-ring (bicyclic) bond motifs is 1. The third-order valence-corrected chi connectivity index (χ3v) is 4.03. The van der Waals surface area contributed by atoms with E-state index in [0.29, 0.717) is 17.1 Å². The zero-order chi connectivity index (χ0) is 17.3. The number of nitrogens with zero attached hydrogens (tertiary/aromatic N) is 1. The highest BCUT2D eigenvalue weighted by molar-refractivity contribution is 6.01. The molecule has 0 aromatic heterocycles. The molecule has 1 atom stereocenters. The maximum Gasteiger partial charge on any atom is 0.257 e. The number of hydrogen-bond donors (Lipinski definition) is 1. The molecule has 5 heteroatoms. The Morgan fingerprint density at radius 3 is 2.58 bits per heavy atom. The van der Waals surface area contributed by atoms with E-state index in [-0.39, 0.29) is 18.2 Å². The molecule has 5 nitrogen and oxygen atoms in total. The van der Waals surface area contributed by atoms with Crippen molar-refractivity contribution in [1.29, 1.82) is 0 Å². The number of para-hydroxylation sites is 2. The summed E-state index contributed by atoms with van der Waals surface area (Å²) in [5, 5.41) is 3.43. The van der Waals surface area contributed by atoms with Crippen molar-refractivity contribution >= 4 is 11.6 Å². The molecular formula is C19H22N2O3. The summed E-state index contributed by atoms with van der Waals surface area (Å²) in [6, 6.07) is 13.2. The first-order chi connectivity index (χ1) is 11.5. The molecule has 1 aliphatic rings. The molecule has 0 spiro atoms. The van der Waals surface area contributed by atoms with E-state index in [1.165, 1.54) is 0 Å². The third-order valence-electron chi connectivity index (χ3n) is 4.03. The normalized spacial score (nSPS) is 16.6. The van der Waals surface area contributed by atoms with Crippen molar-refractivity contribution in [2.45, 2.75) is 26.1 Å². The molecule has 0 saturated carbocycles. The summed E-state index contributed by atoms with van der Waals surface area (Å²) in [5.41, 5.74) is 2.36. The number of benzene rings is 2. The van der Waals surface area contributed by atoms with Crippen LogP contribution in [0.3, 0.4) is 0 Å². The molecule has 3 rings (SSSR count). The van der Waals surface area contributed by atoms with E-state index in [1.54, 1.807) is 19.1 Å². The Kier molecular flexibility index (Phi) is 4.34. The largest absolute Gasteiger partial charge is 0.493 e. The van der Waals surface area contributed by atoms with Crippen LogP contribution in [-0.4, -0.2) is 31.1 Å². The molecule has 1 unspecified atom stereocenters. The molecule has 1 heterocycles. The van der Waals surface area contributed by atoms with Crippen LogP contribution in [-0.2, 0) is 0 Å². The van der Waals surface area contributed by atoms with Gasteiger partial charge >= 0.3 is 0 Å². The SMILES string of the molecule is COc1cccc(C2Nc3ccccc3C(=O)N2C)c1OC(C)C. The molecule has 0 saturated heterocycles. The Balaban J connectivity index is 2.08. The quantitative estimate of drug-likeness (QED) is 0.931. The third kappa shape index (κ3) is 2.77. The van der Waals surface area contributed by atoms with E-state index in [9.17, 15) is 4.79 Å². The lowest BCUT2D eigenvalue weighted by molar-refractivity contribution is 0.0732. The van der Waals surface area contributed by atoms with Crippen LogP contribution in [0.15, 0.2) is 42.5 Å². The first-order valence-electron chi connectivity index (χ1n) is 7.99. The average molecular weight is 326 g/mol. The molecule has 0 fully saturated rings. The van der Waals surface area contributed by atoms with Gasteiger partial charge in [-0.15, -0.1) is 0 Å². The monoisotopic (exact) mass is 326 g/mol. The first kappa shape index (κ1) is 16.2. The Labute approximate surface area is 142 Å². The Hall–Kier alpha value is -2.69. The second-order valence-corrected chi connectivity index (χ2v) is 6.05. The van der Waals surface area contributed by atoms with E-state index in [0.717, 1.165) is 11.3 Å². The van der Waals surface area contributed by atoms with Crippen LogP contribution in [0.2, 0.25) is 0 Å². The minimum atomic E-state index is -0.323. The molecule has 0 radical (unpaired) electrons. The summed E-state index contributed by atoms with van der Waals surface area (Å²) in [4.78, 5) is 14.4. The predicted molar refractivity (Wildman–Crippen MR) is 93.7 cm³/mol. The van der Waals surface area contributed by atoms with Gasteiger partial charge in [0.25, 0.3) is 5.91 Å². The van der Waals surface area contributed by atoms with Gasteiger partial charge in [-0.1, -0.05) is 24.3 Å². The van der Waals surface area contributed by atoms with E-state index >= 15 is 0 Å². The van der Waals surface area contributed by atoms with E-state index < -0.39 is 0 Å². The highest BCUT2D eigenvalue weighted by Crippen LogP contribution is 2.40. The lowest BCUT2D eigenvalue weighted by Gasteiger charge is -2.36. The van der Waals surface area contributed by atoms with Gasteiger partial charge in [0, 0.05) is 18.3 Å². The zero-order valence-electron chi connectivity index (χ0n) is 14.4. The number of nitrogens with one attached hydrogen (secondary N) is 1. The fourth-order valence-corrected chi connectivity index (χ4v) is 2.90. The standard InChI is InChI=1S/C19H22N2O3/c1-12(2)24-17-14(9-7-11-16(17)23-4)18-20-15-10-6-5-8-13(15)19(22)21(18)3/h5-12,18,20H,1-4H3. The van der Waals surface area contributed by atoms with Crippen molar-refractivity contribution in [3.05, 3.63) is 53.6 Å². The molecule has 1 aliphatic heterocycles. The maximum atomic E-state index is 12.7. The minimum Gasteiger partial charge on any atom is -0.493 e. The Morgan fingerprint density at radius 1 is 1.12 bits per heavy atom. The van der Waals surface area contributed by atoms with E-state index in [2.05, 4.69) is 5.32 Å². The lowest BCUT2D eigenvalue weighted by Crippen LogP contribution is -2.40. The topological polar surface area (TPSA) is 50.8 Å². The number of anilines is 1. The van der Waals surface area contributed by atoms with Gasteiger partial charge in [0.2, 0.25) is 0 Å². The molecule has 126 valence electrons. The summed E-state index contributed by atoms with van der Waals surface area (Å²) in [5.74, 6) is 1.29. The van der Waals surface area contributed by atoms with Crippen LogP contribution in [0.25, 0.3) is 0 Å². The summed E-state index contributed by atoms with van der Waals surface area (Å²) in [6.07, 6.45) is -0.326. The minimum absolute atomic E-state index is 0.00284. The van der Waals surface area contributed by atoms with Gasteiger partial charge in [-0.05, 0) is 32.0 Å². The average Bonchev–Trinajstić information content (AvgIpc) is 2.58. The predicted octanol–water partition coefficient (Wildman–Crippen LogP) is 3.68. The summed E-state index contributed by atoms with van der Waals surface area (Å²) in [6.45, 7) is 3.93.